The Hall–Kier alpha value is -1.26. The Kier molecular flexibility index (Phi) is 4.09. The summed E-state index contributed by atoms with van der Waals surface area (Å²) in [4.78, 5) is 2.06. The zero-order valence-corrected chi connectivity index (χ0v) is 12.8. The number of aliphatic hydroxyl groups is 1. The molecule has 1 N–H and O–H groups in total. The number of aliphatic hydroxyl groups excluding tert-OH is 1. The van der Waals surface area contributed by atoms with Crippen LogP contribution in [0.1, 0.15) is 51.8 Å². The first-order valence-corrected chi connectivity index (χ1v) is 8.13. The van der Waals surface area contributed by atoms with Gasteiger partial charge in [-0.05, 0) is 55.9 Å². The predicted molar refractivity (Wildman–Crippen MR) is 80.7 cm³/mol. The van der Waals surface area contributed by atoms with Gasteiger partial charge in [-0.2, -0.15) is 0 Å². The van der Waals surface area contributed by atoms with Gasteiger partial charge in [-0.1, -0.05) is 6.42 Å². The second-order valence-corrected chi connectivity index (χ2v) is 6.85. The summed E-state index contributed by atoms with van der Waals surface area (Å²) < 4.78 is 27.3. The van der Waals surface area contributed by atoms with E-state index in [2.05, 4.69) is 0 Å². The van der Waals surface area contributed by atoms with E-state index in [-0.39, 0.29) is 5.56 Å². The first-order chi connectivity index (χ1) is 10.1. The van der Waals surface area contributed by atoms with Gasteiger partial charge in [0.1, 0.15) is 17.7 Å². The number of rotatable bonds is 2. The lowest BCUT2D eigenvalue weighted by atomic mass is 10.0. The molecule has 0 spiro atoms. The molecular weight excluding hydrogens is 290 g/mol. The van der Waals surface area contributed by atoms with Gasteiger partial charge in [-0.15, -0.1) is 11.3 Å². The van der Waals surface area contributed by atoms with E-state index in [0.29, 0.717) is 5.56 Å². The van der Waals surface area contributed by atoms with Crippen LogP contribution in [0.25, 0.3) is 0 Å². The van der Waals surface area contributed by atoms with Gasteiger partial charge in [0, 0.05) is 21.4 Å². The van der Waals surface area contributed by atoms with Gasteiger partial charge in [-0.25, -0.2) is 8.78 Å². The van der Waals surface area contributed by atoms with Crippen LogP contribution in [0.5, 0.6) is 0 Å². The van der Waals surface area contributed by atoms with Crippen molar-refractivity contribution in [2.24, 2.45) is 0 Å². The molecule has 21 heavy (non-hydrogen) atoms. The maximum atomic E-state index is 13.9. The molecule has 1 atom stereocenters. The first-order valence-electron chi connectivity index (χ1n) is 7.31. The zero-order valence-electron chi connectivity index (χ0n) is 12.0. The molecule has 1 aromatic carbocycles. The molecule has 1 aromatic heterocycles. The number of fused-ring (bicyclic) bond motifs is 1. The maximum absolute atomic E-state index is 13.9. The van der Waals surface area contributed by atoms with Gasteiger partial charge in [0.2, 0.25) is 0 Å². The molecule has 1 heterocycles. The highest BCUT2D eigenvalue weighted by molar-refractivity contribution is 7.12. The fourth-order valence-corrected chi connectivity index (χ4v) is 4.13. The second kappa shape index (κ2) is 5.85. The van der Waals surface area contributed by atoms with Crippen LogP contribution >= 0.6 is 11.3 Å². The number of thiophene rings is 1. The van der Waals surface area contributed by atoms with E-state index >= 15 is 0 Å². The Morgan fingerprint density at radius 3 is 2.62 bits per heavy atom. The van der Waals surface area contributed by atoms with Crippen LogP contribution < -0.4 is 0 Å². The monoisotopic (exact) mass is 308 g/mol. The van der Waals surface area contributed by atoms with Gasteiger partial charge in [0.25, 0.3) is 0 Å². The lowest BCUT2D eigenvalue weighted by molar-refractivity contribution is 0.218. The van der Waals surface area contributed by atoms with Crippen LogP contribution in [0.4, 0.5) is 8.78 Å². The third-order valence-electron chi connectivity index (χ3n) is 4.11. The van der Waals surface area contributed by atoms with Gasteiger partial charge < -0.3 is 5.11 Å². The van der Waals surface area contributed by atoms with E-state index in [0.717, 1.165) is 23.8 Å². The lowest BCUT2D eigenvalue weighted by Gasteiger charge is -2.11. The summed E-state index contributed by atoms with van der Waals surface area (Å²) in [6.07, 6.45) is 4.64. The topological polar surface area (TPSA) is 20.2 Å². The molecule has 1 unspecified atom stereocenters. The van der Waals surface area contributed by atoms with E-state index in [1.54, 1.807) is 18.3 Å². The van der Waals surface area contributed by atoms with E-state index in [4.69, 9.17) is 0 Å². The third-order valence-corrected chi connectivity index (χ3v) is 5.40. The minimum atomic E-state index is -1.01. The molecular formula is C17H18F2OS. The highest BCUT2D eigenvalue weighted by Gasteiger charge is 2.21. The minimum Gasteiger partial charge on any atom is -0.383 e. The summed E-state index contributed by atoms with van der Waals surface area (Å²) in [5, 5.41) is 10.5. The van der Waals surface area contributed by atoms with Crippen LogP contribution in [-0.2, 0) is 12.8 Å². The SMILES string of the molecule is Cc1cc(C(O)c2cc3c(s2)CCCCC3)c(F)cc1F. The van der Waals surface area contributed by atoms with Crippen molar-refractivity contribution in [2.75, 3.05) is 0 Å². The number of benzene rings is 1. The van der Waals surface area contributed by atoms with Gasteiger partial charge in [0.15, 0.2) is 0 Å². The Morgan fingerprint density at radius 2 is 1.81 bits per heavy atom. The standard InChI is InChI=1S/C17H18F2OS/c1-10-7-12(14(19)9-13(10)18)17(20)16-8-11-5-3-2-4-6-15(11)21-16/h7-9,17,20H,2-6H2,1H3. The minimum absolute atomic E-state index is 0.158. The Morgan fingerprint density at radius 1 is 1.05 bits per heavy atom. The van der Waals surface area contributed by atoms with Crippen molar-refractivity contribution < 1.29 is 13.9 Å². The summed E-state index contributed by atoms with van der Waals surface area (Å²) >= 11 is 1.56. The zero-order chi connectivity index (χ0) is 15.0. The smallest absolute Gasteiger partial charge is 0.132 e. The van der Waals surface area contributed by atoms with E-state index in [1.807, 2.05) is 6.07 Å². The van der Waals surface area contributed by atoms with Crippen LogP contribution in [-0.4, -0.2) is 5.11 Å². The summed E-state index contributed by atoms with van der Waals surface area (Å²) in [7, 11) is 0. The molecule has 0 saturated heterocycles. The normalized spacial score (nSPS) is 16.4. The van der Waals surface area contributed by atoms with Crippen molar-refractivity contribution in [2.45, 2.75) is 45.1 Å². The molecule has 0 aliphatic heterocycles. The quantitative estimate of drug-likeness (QED) is 0.798. The molecule has 112 valence electrons. The number of halogens is 2. The Labute approximate surface area is 127 Å². The molecule has 0 amide bonds. The van der Waals surface area contributed by atoms with Crippen molar-refractivity contribution in [3.8, 4) is 0 Å². The molecule has 0 saturated carbocycles. The number of hydrogen-bond acceptors (Lipinski definition) is 2. The number of aryl methyl sites for hydroxylation is 3. The second-order valence-electron chi connectivity index (χ2n) is 5.68. The largest absolute Gasteiger partial charge is 0.383 e. The summed E-state index contributed by atoms with van der Waals surface area (Å²) in [6.45, 7) is 1.58. The highest BCUT2D eigenvalue weighted by Crippen LogP contribution is 2.35. The average molecular weight is 308 g/mol. The maximum Gasteiger partial charge on any atom is 0.132 e. The van der Waals surface area contributed by atoms with Crippen LogP contribution in [0.2, 0.25) is 0 Å². The molecule has 0 radical (unpaired) electrons. The lowest BCUT2D eigenvalue weighted by Crippen LogP contribution is -2.02. The highest BCUT2D eigenvalue weighted by atomic mass is 32.1. The predicted octanol–water partition coefficient (Wildman–Crippen LogP) is 4.69. The Balaban J connectivity index is 1.95. The molecule has 4 heteroatoms. The molecule has 0 bridgehead atoms. The van der Waals surface area contributed by atoms with Gasteiger partial charge >= 0.3 is 0 Å². The van der Waals surface area contributed by atoms with Crippen LogP contribution in [0.15, 0.2) is 18.2 Å². The van der Waals surface area contributed by atoms with Crippen molar-refractivity contribution in [1.82, 2.24) is 0 Å². The fourth-order valence-electron chi connectivity index (χ4n) is 2.87. The van der Waals surface area contributed by atoms with Crippen LogP contribution in [0.3, 0.4) is 0 Å². The van der Waals surface area contributed by atoms with E-state index in [1.165, 1.54) is 35.8 Å². The Bertz CT molecular complexity index is 640. The van der Waals surface area contributed by atoms with Crippen molar-refractivity contribution in [3.63, 3.8) is 0 Å². The molecule has 1 aliphatic rings. The van der Waals surface area contributed by atoms with E-state index < -0.39 is 17.7 Å². The average Bonchev–Trinajstić information content (AvgIpc) is 2.73. The fraction of sp³-hybridized carbons (Fsp3) is 0.412. The first kappa shape index (κ1) is 14.7. The van der Waals surface area contributed by atoms with Crippen molar-refractivity contribution >= 4 is 11.3 Å². The van der Waals surface area contributed by atoms with E-state index in [9.17, 15) is 13.9 Å². The summed E-state index contributed by atoms with van der Waals surface area (Å²) in [5.74, 6) is -1.26. The van der Waals surface area contributed by atoms with Crippen LogP contribution in [0, 0.1) is 18.6 Å². The molecule has 3 rings (SSSR count). The van der Waals surface area contributed by atoms with Gasteiger partial charge in [0.05, 0.1) is 0 Å². The number of hydrogen-bond donors (Lipinski definition) is 1. The van der Waals surface area contributed by atoms with Crippen molar-refractivity contribution in [3.05, 3.63) is 56.3 Å². The molecule has 0 fully saturated rings. The molecule has 2 aromatic rings. The summed E-state index contributed by atoms with van der Waals surface area (Å²) in [5.41, 5.74) is 1.79. The molecule has 1 nitrogen and oxygen atoms in total. The summed E-state index contributed by atoms with van der Waals surface area (Å²) in [6, 6.07) is 4.25. The molecule has 1 aliphatic carbocycles. The van der Waals surface area contributed by atoms with Gasteiger partial charge in [-0.3, -0.25) is 0 Å². The third kappa shape index (κ3) is 2.87. The van der Waals surface area contributed by atoms with Crippen molar-refractivity contribution in [1.29, 1.82) is 0 Å².